The van der Waals surface area contributed by atoms with E-state index in [0.29, 0.717) is 11.4 Å². The molecule has 0 saturated heterocycles. The minimum absolute atomic E-state index is 0.0443. The van der Waals surface area contributed by atoms with Gasteiger partial charge in [0, 0.05) is 11.6 Å². The molecule has 2 aromatic rings. The largest absolute Gasteiger partial charge is 0.475 e. The first-order chi connectivity index (χ1) is 14.4. The van der Waals surface area contributed by atoms with E-state index in [1.54, 1.807) is 6.07 Å². The number of anilines is 1. The average molecular weight is 410 g/mol. The number of aryl methyl sites for hydroxylation is 1. The van der Waals surface area contributed by atoms with Crippen LogP contribution in [0.5, 0.6) is 0 Å². The van der Waals surface area contributed by atoms with Crippen molar-refractivity contribution in [2.75, 3.05) is 12.4 Å². The number of ether oxygens (including phenoxy) is 2. The molecular weight excluding hydrogens is 378 g/mol. The highest BCUT2D eigenvalue weighted by Gasteiger charge is 2.25. The maximum Gasteiger partial charge on any atom is 0.356 e. The standard InChI is InChI=1S/C24H31N3O3/c1-15(2)30-22(25)21-19(17-12-10-16(3)11-13-17)14-20(24(28)29-4)27-23(21)26-18-8-6-5-7-9-18/h10-15,18,25H,5-9H2,1-4H3,(H,26,27). The summed E-state index contributed by atoms with van der Waals surface area (Å²) in [4.78, 5) is 16.9. The number of nitrogens with one attached hydrogen (secondary N) is 2. The van der Waals surface area contributed by atoms with E-state index in [9.17, 15) is 4.79 Å². The van der Waals surface area contributed by atoms with Crippen molar-refractivity contribution < 1.29 is 14.3 Å². The van der Waals surface area contributed by atoms with Gasteiger partial charge in [-0.15, -0.1) is 0 Å². The summed E-state index contributed by atoms with van der Waals surface area (Å²) in [5.41, 5.74) is 3.55. The van der Waals surface area contributed by atoms with Crippen molar-refractivity contribution in [1.82, 2.24) is 4.98 Å². The monoisotopic (exact) mass is 409 g/mol. The molecule has 160 valence electrons. The summed E-state index contributed by atoms with van der Waals surface area (Å²) >= 11 is 0. The Kier molecular flexibility index (Phi) is 7.08. The fraction of sp³-hybridized carbons (Fsp3) is 0.458. The Balaban J connectivity index is 2.17. The molecule has 30 heavy (non-hydrogen) atoms. The van der Waals surface area contributed by atoms with E-state index in [2.05, 4.69) is 10.3 Å². The van der Waals surface area contributed by atoms with E-state index < -0.39 is 5.97 Å². The van der Waals surface area contributed by atoms with E-state index in [1.165, 1.54) is 13.5 Å². The third-order valence-electron chi connectivity index (χ3n) is 5.30. The van der Waals surface area contributed by atoms with Crippen LogP contribution < -0.4 is 5.32 Å². The molecule has 0 spiro atoms. The molecule has 2 N–H and O–H groups in total. The second-order valence-electron chi connectivity index (χ2n) is 8.11. The molecule has 1 aromatic carbocycles. The Hall–Kier alpha value is -2.89. The molecule has 3 rings (SSSR count). The SMILES string of the molecule is COC(=O)c1cc(-c2ccc(C)cc2)c(C(=N)OC(C)C)c(NC2CCCCC2)n1. The number of rotatable bonds is 6. The van der Waals surface area contributed by atoms with Crippen LogP contribution in [-0.4, -0.2) is 36.1 Å². The van der Waals surface area contributed by atoms with Gasteiger partial charge < -0.3 is 14.8 Å². The molecule has 0 unspecified atom stereocenters. The Bertz CT molecular complexity index is 901. The number of hydrogen-bond donors (Lipinski definition) is 2. The zero-order valence-corrected chi connectivity index (χ0v) is 18.2. The number of benzene rings is 1. The van der Waals surface area contributed by atoms with Crippen LogP contribution in [0.4, 0.5) is 5.82 Å². The van der Waals surface area contributed by atoms with Crippen molar-refractivity contribution in [3.05, 3.63) is 47.2 Å². The minimum atomic E-state index is -0.502. The molecule has 0 radical (unpaired) electrons. The average Bonchev–Trinajstić information content (AvgIpc) is 2.73. The summed E-state index contributed by atoms with van der Waals surface area (Å²) in [7, 11) is 1.35. The lowest BCUT2D eigenvalue weighted by Gasteiger charge is -2.26. The quantitative estimate of drug-likeness (QED) is 0.382. The molecule has 1 fully saturated rings. The van der Waals surface area contributed by atoms with Crippen molar-refractivity contribution in [1.29, 1.82) is 5.41 Å². The maximum absolute atomic E-state index is 12.4. The highest BCUT2D eigenvalue weighted by Crippen LogP contribution is 2.32. The van der Waals surface area contributed by atoms with Gasteiger partial charge in [-0.3, -0.25) is 5.41 Å². The molecule has 1 heterocycles. The van der Waals surface area contributed by atoms with Gasteiger partial charge in [0.1, 0.15) is 5.82 Å². The van der Waals surface area contributed by atoms with Crippen molar-refractivity contribution in [2.24, 2.45) is 0 Å². The van der Waals surface area contributed by atoms with Gasteiger partial charge in [0.2, 0.25) is 5.90 Å². The molecule has 1 saturated carbocycles. The lowest BCUT2D eigenvalue weighted by Crippen LogP contribution is -2.26. The fourth-order valence-electron chi connectivity index (χ4n) is 3.78. The summed E-state index contributed by atoms with van der Waals surface area (Å²) in [6.45, 7) is 5.81. The summed E-state index contributed by atoms with van der Waals surface area (Å²) < 4.78 is 10.7. The zero-order valence-electron chi connectivity index (χ0n) is 18.2. The van der Waals surface area contributed by atoms with Gasteiger partial charge in [0.25, 0.3) is 0 Å². The zero-order chi connectivity index (χ0) is 21.7. The van der Waals surface area contributed by atoms with Gasteiger partial charge in [0.15, 0.2) is 5.69 Å². The van der Waals surface area contributed by atoms with E-state index in [1.807, 2.05) is 45.0 Å². The number of pyridine rings is 1. The molecule has 0 atom stereocenters. The van der Waals surface area contributed by atoms with Gasteiger partial charge in [-0.05, 0) is 45.2 Å². The third-order valence-corrected chi connectivity index (χ3v) is 5.30. The van der Waals surface area contributed by atoms with E-state index in [4.69, 9.17) is 14.9 Å². The number of methoxy groups -OCH3 is 1. The van der Waals surface area contributed by atoms with Crippen LogP contribution in [0, 0.1) is 12.3 Å². The van der Waals surface area contributed by atoms with Gasteiger partial charge in [-0.2, -0.15) is 0 Å². The number of nitrogens with zero attached hydrogens (tertiary/aromatic N) is 1. The Morgan fingerprint density at radius 1 is 1.17 bits per heavy atom. The molecule has 6 nitrogen and oxygen atoms in total. The van der Waals surface area contributed by atoms with Crippen LogP contribution in [-0.2, 0) is 9.47 Å². The lowest BCUT2D eigenvalue weighted by molar-refractivity contribution is 0.0594. The fourth-order valence-corrected chi connectivity index (χ4v) is 3.78. The first-order valence-corrected chi connectivity index (χ1v) is 10.6. The Labute approximate surface area is 178 Å². The first-order valence-electron chi connectivity index (χ1n) is 10.6. The number of hydrogen-bond acceptors (Lipinski definition) is 6. The smallest absolute Gasteiger partial charge is 0.356 e. The summed E-state index contributed by atoms with van der Waals surface area (Å²) in [6, 6.07) is 9.95. The minimum Gasteiger partial charge on any atom is -0.475 e. The van der Waals surface area contributed by atoms with Gasteiger partial charge in [-0.1, -0.05) is 49.1 Å². The van der Waals surface area contributed by atoms with Crippen LogP contribution in [0.1, 0.15) is 67.6 Å². The van der Waals surface area contributed by atoms with Crippen molar-refractivity contribution in [3.63, 3.8) is 0 Å². The topological polar surface area (TPSA) is 84.3 Å². The molecule has 0 amide bonds. The van der Waals surface area contributed by atoms with Crippen LogP contribution in [0.2, 0.25) is 0 Å². The maximum atomic E-state index is 12.4. The predicted molar refractivity (Wildman–Crippen MR) is 119 cm³/mol. The second-order valence-corrected chi connectivity index (χ2v) is 8.11. The third kappa shape index (κ3) is 5.17. The van der Waals surface area contributed by atoms with Gasteiger partial charge in [-0.25, -0.2) is 9.78 Å². The number of carbonyl (C=O) groups excluding carboxylic acids is 1. The van der Waals surface area contributed by atoms with E-state index >= 15 is 0 Å². The Morgan fingerprint density at radius 2 is 1.83 bits per heavy atom. The normalized spacial score (nSPS) is 14.4. The summed E-state index contributed by atoms with van der Waals surface area (Å²) in [5, 5.41) is 12.2. The van der Waals surface area contributed by atoms with Crippen LogP contribution in [0.3, 0.4) is 0 Å². The van der Waals surface area contributed by atoms with Crippen molar-refractivity contribution >= 4 is 17.7 Å². The molecule has 0 bridgehead atoms. The van der Waals surface area contributed by atoms with Crippen LogP contribution in [0.15, 0.2) is 30.3 Å². The van der Waals surface area contributed by atoms with E-state index in [0.717, 1.165) is 42.4 Å². The predicted octanol–water partition coefficient (Wildman–Crippen LogP) is 5.34. The highest BCUT2D eigenvalue weighted by atomic mass is 16.5. The molecular formula is C24H31N3O3. The molecule has 1 aliphatic rings. The first kappa shape index (κ1) is 21.8. The molecule has 6 heteroatoms. The Morgan fingerprint density at radius 3 is 2.43 bits per heavy atom. The number of carbonyl (C=O) groups is 1. The summed E-state index contributed by atoms with van der Waals surface area (Å²) in [5.74, 6) is 0.0479. The summed E-state index contributed by atoms with van der Waals surface area (Å²) in [6.07, 6.45) is 5.50. The van der Waals surface area contributed by atoms with Crippen molar-refractivity contribution in [2.45, 2.75) is 65.0 Å². The van der Waals surface area contributed by atoms with Crippen LogP contribution in [0.25, 0.3) is 11.1 Å². The number of aromatic nitrogens is 1. The molecule has 1 aromatic heterocycles. The van der Waals surface area contributed by atoms with Gasteiger partial charge in [0.05, 0.1) is 18.8 Å². The molecule has 1 aliphatic carbocycles. The second kappa shape index (κ2) is 9.74. The number of esters is 1. The molecule has 0 aliphatic heterocycles. The highest BCUT2D eigenvalue weighted by molar-refractivity contribution is 6.05. The lowest BCUT2D eigenvalue weighted by atomic mass is 9.94. The van der Waals surface area contributed by atoms with Crippen LogP contribution >= 0.6 is 0 Å². The van der Waals surface area contributed by atoms with E-state index in [-0.39, 0.29) is 23.7 Å². The van der Waals surface area contributed by atoms with Crippen molar-refractivity contribution in [3.8, 4) is 11.1 Å². The van der Waals surface area contributed by atoms with Gasteiger partial charge >= 0.3 is 5.97 Å².